The van der Waals surface area contributed by atoms with Crippen LogP contribution in [-0.4, -0.2) is 0 Å². The summed E-state index contributed by atoms with van der Waals surface area (Å²) in [6.45, 7) is 6.07. The van der Waals surface area contributed by atoms with Gasteiger partial charge in [-0.05, 0) is 30.2 Å². The van der Waals surface area contributed by atoms with Gasteiger partial charge in [-0.15, -0.1) is 0 Å². The Balaban J connectivity index is 0.000000561. The Bertz CT molecular complexity index is 211. The molecule has 0 saturated carbocycles. The van der Waals surface area contributed by atoms with Gasteiger partial charge in [-0.25, -0.2) is 0 Å². The highest BCUT2D eigenvalue weighted by Crippen LogP contribution is 2.18. The fourth-order valence-corrected chi connectivity index (χ4v) is 1.39. The Kier molecular flexibility index (Phi) is 6.23. The van der Waals surface area contributed by atoms with Gasteiger partial charge in [0.1, 0.15) is 0 Å². The number of aryl methyl sites for hydroxylation is 1. The van der Waals surface area contributed by atoms with Crippen LogP contribution in [-0.2, 0) is 6.42 Å². The molecular formula is C10H14Cl2. The van der Waals surface area contributed by atoms with Gasteiger partial charge in [0.2, 0.25) is 0 Å². The minimum absolute atomic E-state index is 0.712. The molecule has 0 N–H and O–H groups in total. The van der Waals surface area contributed by atoms with Crippen LogP contribution in [0.15, 0.2) is 18.2 Å². The van der Waals surface area contributed by atoms with Crippen molar-refractivity contribution in [3.63, 3.8) is 0 Å². The van der Waals surface area contributed by atoms with Crippen LogP contribution in [0.25, 0.3) is 0 Å². The predicted molar refractivity (Wildman–Crippen MR) is 57.2 cm³/mol. The van der Waals surface area contributed by atoms with Gasteiger partial charge < -0.3 is 0 Å². The predicted octanol–water partition coefficient (Wildman–Crippen LogP) is 4.58. The van der Waals surface area contributed by atoms with Crippen molar-refractivity contribution in [1.29, 1.82) is 0 Å². The van der Waals surface area contributed by atoms with Gasteiger partial charge in [-0.1, -0.05) is 44.0 Å². The molecular weight excluding hydrogens is 191 g/mol. The molecule has 0 atom stereocenters. The van der Waals surface area contributed by atoms with Gasteiger partial charge in [0, 0.05) is 10.0 Å². The van der Waals surface area contributed by atoms with Gasteiger partial charge in [0.05, 0.1) is 0 Å². The molecule has 0 spiro atoms. The normalized spacial score (nSPS) is 8.75. The number of hydrogen-bond donors (Lipinski definition) is 0. The minimum atomic E-state index is 0.712. The molecule has 1 aromatic carbocycles. The zero-order valence-corrected chi connectivity index (χ0v) is 9.21. The molecule has 68 valence electrons. The third kappa shape index (κ3) is 3.99. The largest absolute Gasteiger partial charge is 0.0843 e. The Morgan fingerprint density at radius 2 is 1.42 bits per heavy atom. The smallest absolute Gasteiger partial charge is 0.0423 e. The van der Waals surface area contributed by atoms with E-state index in [0.29, 0.717) is 10.0 Å². The average Bonchev–Trinajstić information content (AvgIpc) is 2.06. The van der Waals surface area contributed by atoms with E-state index in [1.807, 2.05) is 26.0 Å². The second-order valence-corrected chi connectivity index (χ2v) is 3.00. The molecule has 1 aromatic rings. The molecule has 0 unspecified atom stereocenters. The summed E-state index contributed by atoms with van der Waals surface area (Å²) < 4.78 is 0. The monoisotopic (exact) mass is 204 g/mol. The molecule has 0 aliphatic rings. The number of hydrogen-bond acceptors (Lipinski definition) is 0. The van der Waals surface area contributed by atoms with Gasteiger partial charge in [-0.3, -0.25) is 0 Å². The molecule has 0 nitrogen and oxygen atoms in total. The first-order valence-electron chi connectivity index (χ1n) is 4.17. The topological polar surface area (TPSA) is 0 Å². The van der Waals surface area contributed by atoms with Gasteiger partial charge in [0.25, 0.3) is 0 Å². The molecule has 0 aliphatic carbocycles. The molecule has 0 amide bonds. The van der Waals surface area contributed by atoms with E-state index in [2.05, 4.69) is 6.92 Å². The summed E-state index contributed by atoms with van der Waals surface area (Å²) in [5, 5.41) is 1.42. The maximum atomic E-state index is 5.74. The van der Waals surface area contributed by atoms with E-state index in [9.17, 15) is 0 Å². The highest BCUT2D eigenvalue weighted by atomic mass is 35.5. The van der Waals surface area contributed by atoms with E-state index in [4.69, 9.17) is 23.2 Å². The number of halogens is 2. The van der Waals surface area contributed by atoms with Crippen molar-refractivity contribution in [2.24, 2.45) is 0 Å². The van der Waals surface area contributed by atoms with Gasteiger partial charge in [-0.2, -0.15) is 0 Å². The van der Waals surface area contributed by atoms with Crippen molar-refractivity contribution in [3.8, 4) is 0 Å². The molecule has 12 heavy (non-hydrogen) atoms. The van der Waals surface area contributed by atoms with Crippen molar-refractivity contribution in [2.75, 3.05) is 0 Å². The molecule has 0 radical (unpaired) electrons. The van der Waals surface area contributed by atoms with Crippen LogP contribution >= 0.6 is 23.2 Å². The Morgan fingerprint density at radius 3 is 1.75 bits per heavy atom. The van der Waals surface area contributed by atoms with Crippen LogP contribution in [0.5, 0.6) is 0 Å². The van der Waals surface area contributed by atoms with Crippen molar-refractivity contribution in [2.45, 2.75) is 27.2 Å². The molecule has 0 bridgehead atoms. The molecule has 2 heteroatoms. The zero-order chi connectivity index (χ0) is 9.56. The van der Waals surface area contributed by atoms with Crippen LogP contribution < -0.4 is 0 Å². The van der Waals surface area contributed by atoms with E-state index in [0.717, 1.165) is 6.42 Å². The zero-order valence-electron chi connectivity index (χ0n) is 7.70. The van der Waals surface area contributed by atoms with E-state index < -0.39 is 0 Å². The summed E-state index contributed by atoms with van der Waals surface area (Å²) in [5.74, 6) is 0. The molecule has 1 rings (SSSR count). The average molecular weight is 205 g/mol. The lowest BCUT2D eigenvalue weighted by Crippen LogP contribution is -1.78. The molecule has 0 aromatic heterocycles. The third-order valence-corrected chi connectivity index (χ3v) is 1.77. The van der Waals surface area contributed by atoms with Gasteiger partial charge >= 0.3 is 0 Å². The first-order valence-corrected chi connectivity index (χ1v) is 4.93. The first kappa shape index (κ1) is 11.8. The van der Waals surface area contributed by atoms with Crippen molar-refractivity contribution >= 4 is 23.2 Å². The first-order chi connectivity index (χ1) is 5.72. The van der Waals surface area contributed by atoms with Crippen LogP contribution in [0.4, 0.5) is 0 Å². The quantitative estimate of drug-likeness (QED) is 0.629. The Hall–Kier alpha value is -0.200. The lowest BCUT2D eigenvalue weighted by molar-refractivity contribution is 1.14. The number of rotatable bonds is 1. The maximum Gasteiger partial charge on any atom is 0.0423 e. The summed E-state index contributed by atoms with van der Waals surface area (Å²) in [7, 11) is 0. The highest BCUT2D eigenvalue weighted by Gasteiger charge is 1.94. The third-order valence-electron chi connectivity index (χ3n) is 1.33. The highest BCUT2D eigenvalue weighted by molar-refractivity contribution is 6.34. The second-order valence-electron chi connectivity index (χ2n) is 2.13. The molecule has 0 fully saturated rings. The summed E-state index contributed by atoms with van der Waals surface area (Å²) >= 11 is 11.5. The van der Waals surface area contributed by atoms with Crippen LogP contribution in [0.1, 0.15) is 26.3 Å². The van der Waals surface area contributed by atoms with Crippen molar-refractivity contribution < 1.29 is 0 Å². The molecule has 0 aliphatic heterocycles. The van der Waals surface area contributed by atoms with E-state index in [-0.39, 0.29) is 0 Å². The van der Waals surface area contributed by atoms with Gasteiger partial charge in [0.15, 0.2) is 0 Å². The fraction of sp³-hybridized carbons (Fsp3) is 0.400. The van der Waals surface area contributed by atoms with E-state index >= 15 is 0 Å². The Labute approximate surface area is 84.5 Å². The fourth-order valence-electron chi connectivity index (χ4n) is 0.815. The summed E-state index contributed by atoms with van der Waals surface area (Å²) in [5.41, 5.74) is 1.18. The standard InChI is InChI=1S/C8H8Cl2.C2H6/c1-2-6-3-7(9)5-8(10)4-6;1-2/h3-5H,2H2,1H3;1-2H3. The molecule has 0 saturated heterocycles. The summed E-state index contributed by atoms with van der Waals surface area (Å²) in [6.07, 6.45) is 0.972. The lowest BCUT2D eigenvalue weighted by atomic mass is 10.2. The Morgan fingerprint density at radius 1 is 1.00 bits per heavy atom. The van der Waals surface area contributed by atoms with Crippen LogP contribution in [0.3, 0.4) is 0 Å². The number of benzene rings is 1. The summed E-state index contributed by atoms with van der Waals surface area (Å²) in [4.78, 5) is 0. The van der Waals surface area contributed by atoms with Crippen molar-refractivity contribution in [3.05, 3.63) is 33.8 Å². The summed E-state index contributed by atoms with van der Waals surface area (Å²) in [6, 6.07) is 5.59. The lowest BCUT2D eigenvalue weighted by Gasteiger charge is -1.97. The SMILES string of the molecule is CC.CCc1cc(Cl)cc(Cl)c1. The van der Waals surface area contributed by atoms with Crippen LogP contribution in [0, 0.1) is 0 Å². The minimum Gasteiger partial charge on any atom is -0.0843 e. The second kappa shape index (κ2) is 6.33. The maximum absolute atomic E-state index is 5.74. The van der Waals surface area contributed by atoms with E-state index in [1.54, 1.807) is 6.07 Å². The van der Waals surface area contributed by atoms with Crippen LogP contribution in [0.2, 0.25) is 10.0 Å². The van der Waals surface area contributed by atoms with E-state index in [1.165, 1.54) is 5.56 Å². The van der Waals surface area contributed by atoms with Crippen molar-refractivity contribution in [1.82, 2.24) is 0 Å². The molecule has 0 heterocycles.